The summed E-state index contributed by atoms with van der Waals surface area (Å²) in [6.45, 7) is 0. The monoisotopic (exact) mass is 652 g/mol. The number of hydrogen-bond acceptors (Lipinski definition) is 10. The molecule has 4 aromatic rings. The number of phenols is 2. The fourth-order valence-corrected chi connectivity index (χ4v) is 4.94. The van der Waals surface area contributed by atoms with E-state index in [4.69, 9.17) is 19.1 Å². The molecule has 0 spiro atoms. The Morgan fingerprint density at radius 2 is 0.917 bits per heavy atom. The van der Waals surface area contributed by atoms with Crippen molar-refractivity contribution >= 4 is 23.4 Å². The molecule has 0 amide bonds. The molecule has 4 rings (SSSR count). The van der Waals surface area contributed by atoms with E-state index in [2.05, 4.69) is 10.3 Å². The minimum atomic E-state index is -0.588. The van der Waals surface area contributed by atoms with Gasteiger partial charge in [-0.3, -0.25) is 0 Å². The second-order valence-electron chi connectivity index (χ2n) is 11.0. The maximum atomic E-state index is 12.5. The third-order valence-corrected chi connectivity index (χ3v) is 7.60. The number of carbonyl (C=O) groups excluding carboxylic acids is 2. The van der Waals surface area contributed by atoms with Gasteiger partial charge in [-0.05, 0) is 86.3 Å². The second kappa shape index (κ2) is 18.5. The van der Waals surface area contributed by atoms with Crippen molar-refractivity contribution in [3.63, 3.8) is 0 Å². The Bertz CT molecular complexity index is 1580. The zero-order chi connectivity index (χ0) is 34.1. The standard InChI is InChI=1S/C38H40N2O8/c1-45-29-21-23-35(41)31(25-29)33(39-47-37(43)27-15-9-7-10-16-27)19-13-5-3-4-6-14-20-34(32-26-30(46-2)22-24-36(32)42)40-48-38(44)28-17-11-8-12-18-28/h7-12,15-18,21-26,41-42H,3-6,13-14,19-20H2,1-2H3/b39-33-,40-34-. The van der Waals surface area contributed by atoms with Crippen molar-refractivity contribution in [2.24, 2.45) is 10.3 Å². The van der Waals surface area contributed by atoms with Crippen LogP contribution < -0.4 is 9.47 Å². The smallest absolute Gasteiger partial charge is 0.365 e. The van der Waals surface area contributed by atoms with Crippen LogP contribution in [-0.2, 0) is 9.68 Å². The maximum Gasteiger partial charge on any atom is 0.365 e. The van der Waals surface area contributed by atoms with E-state index in [9.17, 15) is 19.8 Å². The number of ether oxygens (including phenoxy) is 2. The molecule has 0 heterocycles. The molecular formula is C38H40N2O8. The maximum absolute atomic E-state index is 12.5. The zero-order valence-electron chi connectivity index (χ0n) is 27.1. The average Bonchev–Trinajstić information content (AvgIpc) is 3.13. The Balaban J connectivity index is 1.32. The van der Waals surface area contributed by atoms with Gasteiger partial charge in [0.2, 0.25) is 0 Å². The first-order chi connectivity index (χ1) is 23.4. The molecule has 0 aliphatic carbocycles. The first-order valence-corrected chi connectivity index (χ1v) is 15.8. The second-order valence-corrected chi connectivity index (χ2v) is 11.0. The largest absolute Gasteiger partial charge is 0.507 e. The molecule has 0 saturated heterocycles. The molecule has 0 aliphatic rings. The summed E-state index contributed by atoms with van der Waals surface area (Å²) in [5.74, 6) is -0.0561. The molecule has 0 aromatic heterocycles. The SMILES string of the molecule is COc1ccc(O)c(/C(CCCCCCCC/C(=N/OC(=O)c2ccccc2)c2cc(OC)ccc2O)=N\OC(=O)c2ccccc2)c1. The fourth-order valence-electron chi connectivity index (χ4n) is 4.94. The minimum Gasteiger partial charge on any atom is -0.507 e. The topological polar surface area (TPSA) is 136 Å². The molecule has 4 aromatic carbocycles. The molecule has 2 N–H and O–H groups in total. The summed E-state index contributed by atoms with van der Waals surface area (Å²) in [6, 6.07) is 26.8. The van der Waals surface area contributed by atoms with Crippen LogP contribution in [0.1, 0.15) is 83.2 Å². The van der Waals surface area contributed by atoms with Crippen molar-refractivity contribution in [1.82, 2.24) is 0 Å². The summed E-state index contributed by atoms with van der Waals surface area (Å²) in [4.78, 5) is 35.6. The van der Waals surface area contributed by atoms with Gasteiger partial charge in [0.25, 0.3) is 0 Å². The number of aromatic hydroxyl groups is 2. The normalized spacial score (nSPS) is 11.5. The highest BCUT2D eigenvalue weighted by Crippen LogP contribution is 2.27. The Morgan fingerprint density at radius 1 is 0.542 bits per heavy atom. The van der Waals surface area contributed by atoms with Crippen LogP contribution in [-0.4, -0.2) is 47.8 Å². The van der Waals surface area contributed by atoms with Crippen LogP contribution in [0.5, 0.6) is 23.0 Å². The van der Waals surface area contributed by atoms with Crippen molar-refractivity contribution < 1.29 is 39.0 Å². The Labute approximate surface area is 280 Å². The van der Waals surface area contributed by atoms with E-state index in [1.165, 1.54) is 26.4 Å². The van der Waals surface area contributed by atoms with Crippen LogP contribution in [0.4, 0.5) is 0 Å². The van der Waals surface area contributed by atoms with E-state index in [1.807, 2.05) is 12.1 Å². The molecule has 0 aliphatic heterocycles. The van der Waals surface area contributed by atoms with Gasteiger partial charge in [-0.1, -0.05) is 72.4 Å². The number of phenolic OH excluding ortho intramolecular Hbond substituents is 2. The summed E-state index contributed by atoms with van der Waals surface area (Å²) >= 11 is 0. The van der Waals surface area contributed by atoms with E-state index in [-0.39, 0.29) is 11.5 Å². The predicted molar refractivity (Wildman–Crippen MR) is 183 cm³/mol. The number of rotatable bonds is 17. The van der Waals surface area contributed by atoms with E-state index >= 15 is 0 Å². The van der Waals surface area contributed by atoms with Crippen LogP contribution in [0.15, 0.2) is 107 Å². The number of unbranched alkanes of at least 4 members (excludes halogenated alkanes) is 5. The zero-order valence-corrected chi connectivity index (χ0v) is 27.1. The third kappa shape index (κ3) is 10.4. The lowest BCUT2D eigenvalue weighted by Gasteiger charge is -2.11. The quantitative estimate of drug-likeness (QED) is 0.0506. The van der Waals surface area contributed by atoms with Gasteiger partial charge < -0.3 is 29.4 Å². The van der Waals surface area contributed by atoms with Gasteiger partial charge in [-0.25, -0.2) is 9.59 Å². The number of methoxy groups -OCH3 is 2. The summed E-state index contributed by atoms with van der Waals surface area (Å²) in [5, 5.41) is 29.4. The summed E-state index contributed by atoms with van der Waals surface area (Å²) in [7, 11) is 3.07. The minimum absolute atomic E-state index is 0.0132. The van der Waals surface area contributed by atoms with Crippen LogP contribution in [0, 0.1) is 0 Å². The predicted octanol–water partition coefficient (Wildman–Crippen LogP) is 8.06. The Morgan fingerprint density at radius 3 is 1.29 bits per heavy atom. The van der Waals surface area contributed by atoms with E-state index in [1.54, 1.807) is 72.8 Å². The van der Waals surface area contributed by atoms with Crippen molar-refractivity contribution in [3.8, 4) is 23.0 Å². The average molecular weight is 653 g/mol. The molecule has 0 bridgehead atoms. The van der Waals surface area contributed by atoms with Crippen molar-refractivity contribution in [3.05, 3.63) is 119 Å². The number of hydrogen-bond donors (Lipinski definition) is 2. The van der Waals surface area contributed by atoms with Gasteiger partial charge in [0, 0.05) is 11.1 Å². The fraction of sp³-hybridized carbons (Fsp3) is 0.263. The number of oxime groups is 2. The molecule has 10 heteroatoms. The first-order valence-electron chi connectivity index (χ1n) is 15.8. The number of benzene rings is 4. The van der Waals surface area contributed by atoms with Gasteiger partial charge in [-0.2, -0.15) is 0 Å². The van der Waals surface area contributed by atoms with Crippen molar-refractivity contribution in [2.45, 2.75) is 51.4 Å². The van der Waals surface area contributed by atoms with Crippen molar-refractivity contribution in [2.75, 3.05) is 14.2 Å². The van der Waals surface area contributed by atoms with E-state index < -0.39 is 11.9 Å². The lowest BCUT2D eigenvalue weighted by Crippen LogP contribution is -2.07. The van der Waals surface area contributed by atoms with Gasteiger partial charge in [0.1, 0.15) is 23.0 Å². The third-order valence-electron chi connectivity index (χ3n) is 7.60. The van der Waals surface area contributed by atoms with Crippen LogP contribution in [0.3, 0.4) is 0 Å². The lowest BCUT2D eigenvalue weighted by atomic mass is 10.00. The molecule has 0 atom stereocenters. The molecule has 0 fully saturated rings. The van der Waals surface area contributed by atoms with Gasteiger partial charge in [0.15, 0.2) is 0 Å². The highest BCUT2D eigenvalue weighted by Gasteiger charge is 2.16. The molecule has 0 unspecified atom stereocenters. The summed E-state index contributed by atoms with van der Waals surface area (Å²) < 4.78 is 10.6. The highest BCUT2D eigenvalue weighted by atomic mass is 16.7. The highest BCUT2D eigenvalue weighted by molar-refractivity contribution is 6.04. The van der Waals surface area contributed by atoms with Gasteiger partial charge >= 0.3 is 11.9 Å². The Hall–Kier alpha value is -5.64. The van der Waals surface area contributed by atoms with E-state index in [0.717, 1.165) is 38.5 Å². The van der Waals surface area contributed by atoms with Crippen LogP contribution in [0.2, 0.25) is 0 Å². The molecule has 0 radical (unpaired) electrons. The lowest BCUT2D eigenvalue weighted by molar-refractivity contribution is 0.0507. The van der Waals surface area contributed by atoms with Gasteiger partial charge in [-0.15, -0.1) is 0 Å². The summed E-state index contributed by atoms with van der Waals surface area (Å²) in [6.07, 6.45) is 6.06. The Kier molecular flexibility index (Phi) is 13.6. The molecule has 10 nitrogen and oxygen atoms in total. The number of nitrogens with zero attached hydrogens (tertiary/aromatic N) is 2. The van der Waals surface area contributed by atoms with Crippen molar-refractivity contribution in [1.29, 1.82) is 0 Å². The molecular weight excluding hydrogens is 612 g/mol. The molecule has 0 saturated carbocycles. The van der Waals surface area contributed by atoms with E-state index in [0.29, 0.717) is 58.0 Å². The number of carbonyl (C=O) groups is 2. The van der Waals surface area contributed by atoms with Crippen LogP contribution >= 0.6 is 0 Å². The van der Waals surface area contributed by atoms with Crippen LogP contribution in [0.25, 0.3) is 0 Å². The molecule has 250 valence electrons. The van der Waals surface area contributed by atoms with Gasteiger partial charge in [0.05, 0.1) is 36.8 Å². The first kappa shape index (κ1) is 35.2. The summed E-state index contributed by atoms with van der Waals surface area (Å²) in [5.41, 5.74) is 2.52. The molecule has 48 heavy (non-hydrogen) atoms.